The van der Waals surface area contributed by atoms with Gasteiger partial charge in [0.25, 0.3) is 0 Å². The largest absolute Gasteiger partial charge is 0.480 e. The monoisotopic (exact) mass is 240 g/mol. The molecule has 0 saturated carbocycles. The van der Waals surface area contributed by atoms with Gasteiger partial charge in [-0.25, -0.2) is 4.79 Å². The molecule has 1 saturated heterocycles. The number of hydrogen-bond acceptors (Lipinski definition) is 4. The van der Waals surface area contributed by atoms with E-state index in [1.807, 2.05) is 0 Å². The van der Waals surface area contributed by atoms with Crippen LogP contribution >= 0.6 is 0 Å². The predicted molar refractivity (Wildman–Crippen MR) is 55.4 cm³/mol. The molecule has 0 aromatic heterocycles. The fraction of sp³-hybridized carbons (Fsp3) is 0.500. The highest BCUT2D eigenvalue weighted by Crippen LogP contribution is 2.06. The molecule has 0 bridgehead atoms. The van der Waals surface area contributed by atoms with E-state index in [0.717, 1.165) is 16.0 Å². The maximum atomic E-state index is 11.6. The van der Waals surface area contributed by atoms with Crippen LogP contribution in [-0.2, 0) is 19.2 Å². The van der Waals surface area contributed by atoms with Crippen molar-refractivity contribution in [2.24, 2.45) is 0 Å². The Morgan fingerprint density at radius 1 is 1.29 bits per heavy atom. The third kappa shape index (κ3) is 3.73. The van der Waals surface area contributed by atoms with Crippen molar-refractivity contribution in [3.63, 3.8) is 0 Å². The van der Waals surface area contributed by atoms with Gasteiger partial charge in [-0.15, -0.1) is 0 Å². The van der Waals surface area contributed by atoms with Crippen LogP contribution in [0.4, 0.5) is 0 Å². The number of rotatable bonds is 3. The van der Waals surface area contributed by atoms with Crippen molar-refractivity contribution in [1.29, 1.82) is 0 Å². The van der Waals surface area contributed by atoms with Gasteiger partial charge in [-0.3, -0.25) is 14.4 Å². The van der Waals surface area contributed by atoms with Crippen LogP contribution in [0, 0.1) is 0 Å². The van der Waals surface area contributed by atoms with Crippen molar-refractivity contribution in [3.05, 3.63) is 6.20 Å². The Hall–Kier alpha value is -2.14. The second kappa shape index (κ2) is 5.81. The molecule has 92 valence electrons. The molecule has 0 unspecified atom stereocenters. The van der Waals surface area contributed by atoms with Crippen molar-refractivity contribution >= 4 is 23.7 Å². The van der Waals surface area contributed by atoms with E-state index in [9.17, 15) is 19.2 Å². The Kier molecular flexibility index (Phi) is 4.42. The van der Waals surface area contributed by atoms with Gasteiger partial charge in [-0.1, -0.05) is 0 Å². The molecule has 1 aliphatic rings. The first-order valence-electron chi connectivity index (χ1n) is 5.04. The molecule has 1 fully saturated rings. The lowest BCUT2D eigenvalue weighted by Crippen LogP contribution is -2.43. The highest BCUT2D eigenvalue weighted by molar-refractivity contribution is 5.85. The number of carboxylic acid groups (broad SMARTS) is 1. The summed E-state index contributed by atoms with van der Waals surface area (Å²) in [5, 5.41) is 8.60. The van der Waals surface area contributed by atoms with Crippen LogP contribution in [0.1, 0.15) is 12.8 Å². The first-order chi connectivity index (χ1) is 8.04. The summed E-state index contributed by atoms with van der Waals surface area (Å²) in [6, 6.07) is 0. The maximum absolute atomic E-state index is 11.6. The second-order valence-corrected chi connectivity index (χ2v) is 3.54. The summed E-state index contributed by atoms with van der Waals surface area (Å²) in [6.07, 6.45) is 0.955. The molecule has 0 aromatic rings. The Bertz CT molecular complexity index is 386. The van der Waals surface area contributed by atoms with Gasteiger partial charge < -0.3 is 14.9 Å². The van der Waals surface area contributed by atoms with Crippen LogP contribution in [0.5, 0.6) is 0 Å². The average molecular weight is 240 g/mol. The Balaban J connectivity index is 2.70. The molecule has 7 heteroatoms. The van der Waals surface area contributed by atoms with E-state index in [2.05, 4.69) is 0 Å². The Labute approximate surface area is 97.3 Å². The predicted octanol–water partition coefficient (Wildman–Crippen LogP) is -1.13. The van der Waals surface area contributed by atoms with Crippen molar-refractivity contribution in [3.8, 4) is 0 Å². The Morgan fingerprint density at radius 2 is 1.94 bits per heavy atom. The van der Waals surface area contributed by atoms with Crippen LogP contribution in [0.2, 0.25) is 0 Å². The van der Waals surface area contributed by atoms with Gasteiger partial charge in [0.15, 0.2) is 0 Å². The molecular weight excluding hydrogens is 228 g/mol. The summed E-state index contributed by atoms with van der Waals surface area (Å²) in [6.45, 7) is -0.286. The van der Waals surface area contributed by atoms with Crippen LogP contribution in [-0.4, -0.2) is 58.3 Å². The van der Waals surface area contributed by atoms with E-state index in [4.69, 9.17) is 5.11 Å². The SMILES string of the molecule is O=C=CN1CCC(=O)N(CC(=O)O)CCC1=O. The maximum Gasteiger partial charge on any atom is 0.323 e. The van der Waals surface area contributed by atoms with E-state index >= 15 is 0 Å². The van der Waals surface area contributed by atoms with E-state index in [1.165, 1.54) is 5.94 Å². The number of amides is 2. The first kappa shape index (κ1) is 12.9. The molecule has 0 spiro atoms. The minimum atomic E-state index is -1.11. The first-order valence-corrected chi connectivity index (χ1v) is 5.04. The summed E-state index contributed by atoms with van der Waals surface area (Å²) in [5.74, 6) is -0.296. The molecular formula is C10H12N2O5. The number of nitrogens with zero attached hydrogens (tertiary/aromatic N) is 2. The third-order valence-electron chi connectivity index (χ3n) is 2.37. The zero-order valence-corrected chi connectivity index (χ0v) is 9.09. The minimum Gasteiger partial charge on any atom is -0.480 e. The molecule has 2 amide bonds. The van der Waals surface area contributed by atoms with Crippen molar-refractivity contribution in [1.82, 2.24) is 9.80 Å². The van der Waals surface area contributed by atoms with Crippen LogP contribution in [0.3, 0.4) is 0 Å². The van der Waals surface area contributed by atoms with Gasteiger partial charge in [0.05, 0.1) is 6.20 Å². The molecule has 1 aliphatic heterocycles. The van der Waals surface area contributed by atoms with Gasteiger partial charge in [-0.05, 0) is 0 Å². The minimum absolute atomic E-state index is 0.00278. The van der Waals surface area contributed by atoms with Gasteiger partial charge in [0.2, 0.25) is 11.8 Å². The summed E-state index contributed by atoms with van der Waals surface area (Å²) < 4.78 is 0. The molecule has 0 atom stereocenters. The van der Waals surface area contributed by atoms with Crippen LogP contribution < -0.4 is 0 Å². The average Bonchev–Trinajstić information content (AvgIpc) is 2.27. The fourth-order valence-corrected chi connectivity index (χ4v) is 1.53. The zero-order valence-electron chi connectivity index (χ0n) is 9.09. The summed E-state index contributed by atoms with van der Waals surface area (Å²) in [5.41, 5.74) is 0. The van der Waals surface area contributed by atoms with Gasteiger partial charge >= 0.3 is 5.97 Å². The van der Waals surface area contributed by atoms with Crippen molar-refractivity contribution in [2.45, 2.75) is 12.8 Å². The van der Waals surface area contributed by atoms with Gasteiger partial charge in [0, 0.05) is 25.9 Å². The molecule has 0 radical (unpaired) electrons. The van der Waals surface area contributed by atoms with Crippen molar-refractivity contribution < 1.29 is 24.3 Å². The number of aliphatic carboxylic acids is 1. The number of carbonyl (C=O) groups is 3. The second-order valence-electron chi connectivity index (χ2n) is 3.54. The highest BCUT2D eigenvalue weighted by atomic mass is 16.4. The topological polar surface area (TPSA) is 95.0 Å². The lowest BCUT2D eigenvalue weighted by atomic mass is 10.2. The summed E-state index contributed by atoms with van der Waals surface area (Å²) in [7, 11) is 0. The van der Waals surface area contributed by atoms with Gasteiger partial charge in [-0.2, -0.15) is 0 Å². The molecule has 7 nitrogen and oxygen atoms in total. The third-order valence-corrected chi connectivity index (χ3v) is 2.37. The van der Waals surface area contributed by atoms with E-state index in [-0.39, 0.29) is 37.7 Å². The molecule has 1 rings (SSSR count). The normalized spacial score (nSPS) is 17.2. The molecule has 0 aliphatic carbocycles. The number of carboxylic acids is 1. The van der Waals surface area contributed by atoms with E-state index < -0.39 is 12.5 Å². The molecule has 17 heavy (non-hydrogen) atoms. The zero-order chi connectivity index (χ0) is 12.8. The Morgan fingerprint density at radius 3 is 2.53 bits per heavy atom. The summed E-state index contributed by atoms with van der Waals surface area (Å²) in [4.78, 5) is 46.0. The quantitative estimate of drug-likeness (QED) is 0.630. The van der Waals surface area contributed by atoms with Crippen molar-refractivity contribution in [2.75, 3.05) is 19.6 Å². The summed E-state index contributed by atoms with van der Waals surface area (Å²) >= 11 is 0. The highest BCUT2D eigenvalue weighted by Gasteiger charge is 2.23. The molecule has 0 aromatic carbocycles. The standard InChI is InChI=1S/C10H12N2O5/c13-6-5-11-3-1-9(15)12(7-10(16)17)4-2-8(11)14/h5H,1-4,7H2,(H,16,17). The van der Waals surface area contributed by atoms with Gasteiger partial charge in [0.1, 0.15) is 12.5 Å². The lowest BCUT2D eigenvalue weighted by molar-refractivity contribution is -0.146. The fourth-order valence-electron chi connectivity index (χ4n) is 1.53. The van der Waals surface area contributed by atoms with Crippen LogP contribution in [0.25, 0.3) is 0 Å². The lowest BCUT2D eigenvalue weighted by Gasteiger charge is -2.26. The smallest absolute Gasteiger partial charge is 0.323 e. The van der Waals surface area contributed by atoms with E-state index in [1.54, 1.807) is 0 Å². The molecule has 1 N–H and O–H groups in total. The number of hydrogen-bond donors (Lipinski definition) is 1. The van der Waals surface area contributed by atoms with Crippen LogP contribution in [0.15, 0.2) is 6.20 Å². The van der Waals surface area contributed by atoms with E-state index in [0.29, 0.717) is 0 Å². The number of carbonyl (C=O) groups excluding carboxylic acids is 3. The molecule has 1 heterocycles.